The fourth-order valence-electron chi connectivity index (χ4n) is 2.80. The number of amides is 1. The van der Waals surface area contributed by atoms with E-state index in [4.69, 9.17) is 4.74 Å². The Morgan fingerprint density at radius 1 is 1.20 bits per heavy atom. The van der Waals surface area contributed by atoms with Crippen LogP contribution in [0.1, 0.15) is 28.7 Å². The number of ether oxygens (including phenoxy) is 1. The number of aryl methyl sites for hydroxylation is 2. The molecule has 30 heavy (non-hydrogen) atoms. The first kappa shape index (κ1) is 19.7. The van der Waals surface area contributed by atoms with Gasteiger partial charge in [-0.05, 0) is 42.5 Å². The lowest BCUT2D eigenvalue weighted by Gasteiger charge is -2.07. The molecular weight excluding hydrogens is 400 g/mol. The largest absolute Gasteiger partial charge is 0.486 e. The summed E-state index contributed by atoms with van der Waals surface area (Å²) in [6, 6.07) is 15.1. The molecule has 1 amide bonds. The molecule has 0 saturated heterocycles. The highest BCUT2D eigenvalue weighted by Crippen LogP contribution is 2.26. The third kappa shape index (κ3) is 4.52. The van der Waals surface area contributed by atoms with Gasteiger partial charge in [0.05, 0.1) is 5.69 Å². The fourth-order valence-corrected chi connectivity index (χ4v) is 3.52. The molecule has 2 aromatic heterocycles. The van der Waals surface area contributed by atoms with E-state index in [9.17, 15) is 4.79 Å². The summed E-state index contributed by atoms with van der Waals surface area (Å²) >= 11 is 1.39. The Bertz CT molecular complexity index is 1150. The van der Waals surface area contributed by atoms with Crippen molar-refractivity contribution in [2.24, 2.45) is 0 Å². The number of tetrazole rings is 1. The van der Waals surface area contributed by atoms with Crippen molar-refractivity contribution in [3.05, 3.63) is 70.9 Å². The van der Waals surface area contributed by atoms with Crippen LogP contribution in [0.5, 0.6) is 5.75 Å². The number of hydrogen-bond acceptors (Lipinski definition) is 7. The standard InChI is InChI=1S/C21H20N6O2S/c1-3-27-19(24-25-26-27)12-29-17-6-4-5-16(11-17)20(28)23-21-22-18(13-30-21)15-9-7-14(2)8-10-15/h4-11,13H,3,12H2,1-2H3,(H,22,23,28). The molecule has 152 valence electrons. The van der Waals surface area contributed by atoms with Gasteiger partial charge in [0, 0.05) is 23.1 Å². The Hall–Kier alpha value is -3.59. The molecule has 0 fully saturated rings. The number of nitrogens with one attached hydrogen (secondary N) is 1. The summed E-state index contributed by atoms with van der Waals surface area (Å²) < 4.78 is 7.41. The van der Waals surface area contributed by atoms with Crippen molar-refractivity contribution in [3.63, 3.8) is 0 Å². The predicted octanol–water partition coefficient (Wildman–Crippen LogP) is 3.96. The minimum Gasteiger partial charge on any atom is -0.486 e. The Kier molecular flexibility index (Phi) is 5.80. The summed E-state index contributed by atoms with van der Waals surface area (Å²) in [5, 5.41) is 16.8. The fraction of sp³-hybridized carbons (Fsp3) is 0.190. The van der Waals surface area contributed by atoms with Crippen molar-refractivity contribution in [2.45, 2.75) is 27.0 Å². The molecule has 9 heteroatoms. The lowest BCUT2D eigenvalue weighted by Crippen LogP contribution is -2.12. The van der Waals surface area contributed by atoms with Crippen LogP contribution in [0.4, 0.5) is 5.13 Å². The van der Waals surface area contributed by atoms with Gasteiger partial charge in [-0.3, -0.25) is 10.1 Å². The normalized spacial score (nSPS) is 10.7. The van der Waals surface area contributed by atoms with Crippen molar-refractivity contribution in [1.29, 1.82) is 0 Å². The van der Waals surface area contributed by atoms with Gasteiger partial charge in [0.25, 0.3) is 5.91 Å². The van der Waals surface area contributed by atoms with Crippen LogP contribution in [0, 0.1) is 6.92 Å². The van der Waals surface area contributed by atoms with E-state index in [-0.39, 0.29) is 12.5 Å². The molecular formula is C21H20N6O2S. The van der Waals surface area contributed by atoms with E-state index >= 15 is 0 Å². The van der Waals surface area contributed by atoms with E-state index in [1.807, 2.05) is 43.5 Å². The van der Waals surface area contributed by atoms with Crippen LogP contribution in [0.25, 0.3) is 11.3 Å². The Morgan fingerprint density at radius 2 is 2.03 bits per heavy atom. The minimum absolute atomic E-state index is 0.221. The maximum Gasteiger partial charge on any atom is 0.257 e. The van der Waals surface area contributed by atoms with Gasteiger partial charge in [0.1, 0.15) is 12.4 Å². The van der Waals surface area contributed by atoms with Crippen molar-refractivity contribution in [1.82, 2.24) is 25.2 Å². The number of hydrogen-bond donors (Lipinski definition) is 1. The lowest BCUT2D eigenvalue weighted by atomic mass is 10.1. The van der Waals surface area contributed by atoms with Gasteiger partial charge in [0.2, 0.25) is 0 Å². The van der Waals surface area contributed by atoms with Gasteiger partial charge < -0.3 is 4.74 Å². The average molecular weight is 420 g/mol. The monoisotopic (exact) mass is 420 g/mol. The molecule has 8 nitrogen and oxygen atoms in total. The number of nitrogens with zero attached hydrogens (tertiary/aromatic N) is 5. The zero-order chi connectivity index (χ0) is 20.9. The lowest BCUT2D eigenvalue weighted by molar-refractivity contribution is 0.102. The van der Waals surface area contributed by atoms with Gasteiger partial charge in [-0.2, -0.15) is 0 Å². The van der Waals surface area contributed by atoms with E-state index in [0.29, 0.717) is 28.8 Å². The van der Waals surface area contributed by atoms with Gasteiger partial charge in [0.15, 0.2) is 11.0 Å². The summed E-state index contributed by atoms with van der Waals surface area (Å²) in [6.45, 7) is 4.87. The maximum absolute atomic E-state index is 12.7. The summed E-state index contributed by atoms with van der Waals surface area (Å²) in [7, 11) is 0. The van der Waals surface area contributed by atoms with E-state index < -0.39 is 0 Å². The van der Waals surface area contributed by atoms with Crippen LogP contribution in [0.3, 0.4) is 0 Å². The number of anilines is 1. The minimum atomic E-state index is -0.247. The molecule has 0 unspecified atom stereocenters. The second-order valence-corrected chi connectivity index (χ2v) is 7.44. The molecule has 1 N–H and O–H groups in total. The maximum atomic E-state index is 12.7. The van der Waals surface area contributed by atoms with Gasteiger partial charge in [-0.1, -0.05) is 35.9 Å². The zero-order valence-electron chi connectivity index (χ0n) is 16.6. The van der Waals surface area contributed by atoms with Gasteiger partial charge in [-0.15, -0.1) is 16.4 Å². The first-order valence-electron chi connectivity index (χ1n) is 9.44. The highest BCUT2D eigenvalue weighted by molar-refractivity contribution is 7.14. The molecule has 4 rings (SSSR count). The Balaban J connectivity index is 1.41. The quantitative estimate of drug-likeness (QED) is 0.486. The second-order valence-electron chi connectivity index (χ2n) is 6.59. The Morgan fingerprint density at radius 3 is 2.83 bits per heavy atom. The molecule has 0 saturated carbocycles. The predicted molar refractivity (Wildman–Crippen MR) is 115 cm³/mol. The van der Waals surface area contributed by atoms with Crippen molar-refractivity contribution in [3.8, 4) is 17.0 Å². The van der Waals surface area contributed by atoms with Crippen molar-refractivity contribution in [2.75, 3.05) is 5.32 Å². The number of aromatic nitrogens is 5. The highest BCUT2D eigenvalue weighted by Gasteiger charge is 2.12. The number of benzene rings is 2. The average Bonchev–Trinajstić information content (AvgIpc) is 3.42. The SMILES string of the molecule is CCn1nnnc1COc1cccc(C(=O)Nc2nc(-c3ccc(C)cc3)cs2)c1. The molecule has 0 radical (unpaired) electrons. The van der Waals surface area contributed by atoms with Crippen LogP contribution in [-0.4, -0.2) is 31.1 Å². The molecule has 4 aromatic rings. The summed E-state index contributed by atoms with van der Waals surface area (Å²) in [4.78, 5) is 17.2. The number of carbonyl (C=O) groups excluding carboxylic acids is 1. The third-order valence-electron chi connectivity index (χ3n) is 4.44. The summed E-state index contributed by atoms with van der Waals surface area (Å²) in [6.07, 6.45) is 0. The van der Waals surface area contributed by atoms with Crippen molar-refractivity contribution >= 4 is 22.4 Å². The topological polar surface area (TPSA) is 94.8 Å². The molecule has 2 aromatic carbocycles. The molecule has 0 atom stereocenters. The van der Waals surface area contributed by atoms with E-state index in [1.165, 1.54) is 16.9 Å². The van der Waals surface area contributed by atoms with Crippen LogP contribution < -0.4 is 10.1 Å². The van der Waals surface area contributed by atoms with E-state index in [0.717, 1.165) is 11.3 Å². The van der Waals surface area contributed by atoms with E-state index in [1.54, 1.807) is 28.9 Å². The highest BCUT2D eigenvalue weighted by atomic mass is 32.1. The number of carbonyl (C=O) groups is 1. The zero-order valence-corrected chi connectivity index (χ0v) is 17.4. The third-order valence-corrected chi connectivity index (χ3v) is 5.20. The first-order chi connectivity index (χ1) is 14.6. The van der Waals surface area contributed by atoms with Gasteiger partial charge >= 0.3 is 0 Å². The van der Waals surface area contributed by atoms with Crippen LogP contribution in [-0.2, 0) is 13.2 Å². The summed E-state index contributed by atoms with van der Waals surface area (Å²) in [5.41, 5.74) is 3.52. The number of rotatable bonds is 7. The summed E-state index contributed by atoms with van der Waals surface area (Å²) in [5.74, 6) is 0.940. The Labute approximate surface area is 177 Å². The van der Waals surface area contributed by atoms with Crippen molar-refractivity contribution < 1.29 is 9.53 Å². The molecule has 0 aliphatic carbocycles. The molecule has 0 spiro atoms. The first-order valence-corrected chi connectivity index (χ1v) is 10.3. The van der Waals surface area contributed by atoms with Crippen LogP contribution in [0.15, 0.2) is 53.9 Å². The van der Waals surface area contributed by atoms with Crippen LogP contribution >= 0.6 is 11.3 Å². The molecule has 0 bridgehead atoms. The van der Waals surface area contributed by atoms with Gasteiger partial charge in [-0.25, -0.2) is 9.67 Å². The number of thiazole rings is 1. The molecule has 2 heterocycles. The smallest absolute Gasteiger partial charge is 0.257 e. The molecule has 0 aliphatic rings. The van der Waals surface area contributed by atoms with E-state index in [2.05, 4.69) is 25.8 Å². The second kappa shape index (κ2) is 8.83. The van der Waals surface area contributed by atoms with Crippen LogP contribution in [0.2, 0.25) is 0 Å². The molecule has 0 aliphatic heterocycles.